The Kier molecular flexibility index (Phi) is 5.32. The Bertz CT molecular complexity index is 976. The van der Waals surface area contributed by atoms with Crippen LogP contribution in [0.2, 0.25) is 0 Å². The molecule has 3 rings (SSSR count). The van der Waals surface area contributed by atoms with Crippen LogP contribution in [-0.4, -0.2) is 16.6 Å². The summed E-state index contributed by atoms with van der Waals surface area (Å²) in [4.78, 5) is 17.1. The van der Waals surface area contributed by atoms with Crippen LogP contribution in [0.4, 0.5) is 10.8 Å². The molecule has 1 heterocycles. The summed E-state index contributed by atoms with van der Waals surface area (Å²) in [6, 6.07) is 11.2. The van der Waals surface area contributed by atoms with E-state index in [9.17, 15) is 4.79 Å². The Morgan fingerprint density at radius 3 is 2.65 bits per heavy atom. The fraction of sp³-hybridized carbons (Fsp3) is 0.250. The zero-order valence-electron chi connectivity index (χ0n) is 15.4. The summed E-state index contributed by atoms with van der Waals surface area (Å²) < 4.78 is 1.05. The Labute approximate surface area is 157 Å². The number of nitrogens with zero attached hydrogens (tertiary/aromatic N) is 2. The van der Waals surface area contributed by atoms with Gasteiger partial charge in [0.05, 0.1) is 10.2 Å². The third kappa shape index (κ3) is 3.75. The summed E-state index contributed by atoms with van der Waals surface area (Å²) in [6.45, 7) is 8.04. The van der Waals surface area contributed by atoms with Crippen molar-refractivity contribution in [3.63, 3.8) is 0 Å². The highest BCUT2D eigenvalue weighted by Gasteiger charge is 2.15. The number of anilines is 2. The Balaban J connectivity index is 1.93. The third-order valence-electron chi connectivity index (χ3n) is 4.25. The molecule has 0 aliphatic rings. The summed E-state index contributed by atoms with van der Waals surface area (Å²) in [5, 5.41) is 8.11. The molecule has 0 radical (unpaired) electrons. The quantitative estimate of drug-likeness (QED) is 0.472. The van der Waals surface area contributed by atoms with Gasteiger partial charge in [-0.05, 0) is 56.5 Å². The number of nitrogens with one attached hydrogen (secondary N) is 2. The van der Waals surface area contributed by atoms with E-state index in [1.165, 1.54) is 0 Å². The molecule has 0 aliphatic heterocycles. The van der Waals surface area contributed by atoms with Crippen molar-refractivity contribution in [2.75, 3.05) is 10.7 Å². The van der Waals surface area contributed by atoms with Gasteiger partial charge in [-0.15, -0.1) is 0 Å². The fourth-order valence-electron chi connectivity index (χ4n) is 2.62. The monoisotopic (exact) mass is 366 g/mol. The molecule has 5 nitrogen and oxygen atoms in total. The number of hydrazone groups is 1. The van der Waals surface area contributed by atoms with E-state index < -0.39 is 0 Å². The Morgan fingerprint density at radius 2 is 1.96 bits per heavy atom. The van der Waals surface area contributed by atoms with Crippen LogP contribution in [0.3, 0.4) is 0 Å². The molecule has 2 aromatic carbocycles. The van der Waals surface area contributed by atoms with Gasteiger partial charge in [0, 0.05) is 17.0 Å². The molecule has 0 bridgehead atoms. The maximum Gasteiger partial charge on any atom is 0.255 e. The molecule has 0 spiro atoms. The van der Waals surface area contributed by atoms with E-state index in [0.717, 1.165) is 44.3 Å². The number of amides is 1. The molecule has 0 atom stereocenters. The van der Waals surface area contributed by atoms with E-state index in [4.69, 9.17) is 0 Å². The van der Waals surface area contributed by atoms with Crippen molar-refractivity contribution in [2.45, 2.75) is 34.1 Å². The average Bonchev–Trinajstić information content (AvgIpc) is 3.06. The molecule has 0 fully saturated rings. The molecule has 26 heavy (non-hydrogen) atoms. The summed E-state index contributed by atoms with van der Waals surface area (Å²) in [5.74, 6) is -0.109. The van der Waals surface area contributed by atoms with Crippen LogP contribution in [0.1, 0.15) is 41.8 Å². The van der Waals surface area contributed by atoms with Gasteiger partial charge in [-0.25, -0.2) is 4.98 Å². The molecule has 2 N–H and O–H groups in total. The van der Waals surface area contributed by atoms with Crippen LogP contribution >= 0.6 is 11.3 Å². The molecular weight excluding hydrogens is 344 g/mol. The van der Waals surface area contributed by atoms with E-state index in [2.05, 4.69) is 27.8 Å². The summed E-state index contributed by atoms with van der Waals surface area (Å²) in [6.07, 6.45) is 0.895. The topological polar surface area (TPSA) is 66.4 Å². The predicted molar refractivity (Wildman–Crippen MR) is 111 cm³/mol. The van der Waals surface area contributed by atoms with E-state index in [0.29, 0.717) is 5.56 Å². The molecular formula is C20H22N4OS. The molecule has 1 amide bonds. The molecule has 3 aromatic rings. The third-order valence-corrected chi connectivity index (χ3v) is 5.34. The van der Waals surface area contributed by atoms with Gasteiger partial charge in [0.15, 0.2) is 0 Å². The molecule has 0 saturated carbocycles. The summed E-state index contributed by atoms with van der Waals surface area (Å²) in [7, 11) is 0. The van der Waals surface area contributed by atoms with Gasteiger partial charge in [0.2, 0.25) is 5.13 Å². The summed E-state index contributed by atoms with van der Waals surface area (Å²) in [5.41, 5.74) is 8.45. The SMILES string of the molecule is CC/C(C)=N/Nc1nc2cc(C)c(NC(=O)c3ccccc3)c(C)c2s1. The Morgan fingerprint density at radius 1 is 1.23 bits per heavy atom. The van der Waals surface area contributed by atoms with Gasteiger partial charge in [-0.2, -0.15) is 5.10 Å². The zero-order chi connectivity index (χ0) is 18.7. The first-order valence-electron chi connectivity index (χ1n) is 8.56. The van der Waals surface area contributed by atoms with Crippen LogP contribution in [0, 0.1) is 13.8 Å². The first-order chi connectivity index (χ1) is 12.5. The Hall–Kier alpha value is -2.73. The van der Waals surface area contributed by atoms with Crippen molar-refractivity contribution >= 4 is 44.0 Å². The number of thiazole rings is 1. The van der Waals surface area contributed by atoms with Gasteiger partial charge < -0.3 is 5.32 Å². The van der Waals surface area contributed by atoms with Crippen LogP contribution in [0.25, 0.3) is 10.2 Å². The second-order valence-corrected chi connectivity index (χ2v) is 7.19. The first-order valence-corrected chi connectivity index (χ1v) is 9.37. The number of carbonyl (C=O) groups excluding carboxylic acids is 1. The van der Waals surface area contributed by atoms with Gasteiger partial charge >= 0.3 is 0 Å². The largest absolute Gasteiger partial charge is 0.321 e. The number of aryl methyl sites for hydroxylation is 2. The number of fused-ring (bicyclic) bond motifs is 1. The van der Waals surface area contributed by atoms with E-state index >= 15 is 0 Å². The number of aromatic nitrogens is 1. The zero-order valence-corrected chi connectivity index (χ0v) is 16.2. The van der Waals surface area contributed by atoms with Crippen molar-refractivity contribution in [2.24, 2.45) is 5.10 Å². The second-order valence-electron chi connectivity index (χ2n) is 6.19. The summed E-state index contributed by atoms with van der Waals surface area (Å²) >= 11 is 1.54. The smallest absolute Gasteiger partial charge is 0.255 e. The molecule has 0 aliphatic carbocycles. The highest BCUT2D eigenvalue weighted by molar-refractivity contribution is 7.22. The number of carbonyl (C=O) groups is 1. The second kappa shape index (κ2) is 7.66. The van der Waals surface area contributed by atoms with E-state index in [1.54, 1.807) is 23.5 Å². The number of hydrogen-bond acceptors (Lipinski definition) is 5. The van der Waals surface area contributed by atoms with Crippen LogP contribution in [-0.2, 0) is 0 Å². The highest BCUT2D eigenvalue weighted by Crippen LogP contribution is 2.35. The van der Waals surface area contributed by atoms with Crippen LogP contribution < -0.4 is 10.7 Å². The minimum atomic E-state index is -0.109. The van der Waals surface area contributed by atoms with Crippen LogP contribution in [0.5, 0.6) is 0 Å². The molecule has 0 saturated heterocycles. The number of benzene rings is 2. The number of rotatable bonds is 5. The van der Waals surface area contributed by atoms with E-state index in [-0.39, 0.29) is 5.91 Å². The van der Waals surface area contributed by atoms with E-state index in [1.807, 2.05) is 45.0 Å². The molecule has 0 unspecified atom stereocenters. The lowest BCUT2D eigenvalue weighted by Crippen LogP contribution is -2.13. The van der Waals surface area contributed by atoms with Crippen molar-refractivity contribution in [1.82, 2.24) is 4.98 Å². The maximum atomic E-state index is 12.5. The lowest BCUT2D eigenvalue weighted by atomic mass is 10.1. The number of hydrogen-bond donors (Lipinski definition) is 2. The lowest BCUT2D eigenvalue weighted by molar-refractivity contribution is 0.102. The van der Waals surface area contributed by atoms with Crippen molar-refractivity contribution in [3.8, 4) is 0 Å². The predicted octanol–water partition coefficient (Wildman–Crippen LogP) is 5.36. The van der Waals surface area contributed by atoms with Gasteiger partial charge in [-0.3, -0.25) is 10.2 Å². The minimum absolute atomic E-state index is 0.109. The van der Waals surface area contributed by atoms with Crippen molar-refractivity contribution < 1.29 is 4.79 Å². The minimum Gasteiger partial charge on any atom is -0.321 e. The lowest BCUT2D eigenvalue weighted by Gasteiger charge is -2.12. The van der Waals surface area contributed by atoms with Crippen molar-refractivity contribution in [1.29, 1.82) is 0 Å². The molecule has 6 heteroatoms. The molecule has 134 valence electrons. The fourth-order valence-corrected chi connectivity index (χ4v) is 3.52. The van der Waals surface area contributed by atoms with Gasteiger partial charge in [0.1, 0.15) is 0 Å². The standard InChI is InChI=1S/C20H22N4OS/c1-5-13(3)23-24-20-21-16-11-12(2)17(14(4)18(16)26-20)22-19(25)15-9-7-6-8-10-15/h6-11H,5H2,1-4H3,(H,21,24)(H,22,25)/b23-13+. The highest BCUT2D eigenvalue weighted by atomic mass is 32.1. The molecule has 1 aromatic heterocycles. The van der Waals surface area contributed by atoms with Gasteiger partial charge in [-0.1, -0.05) is 36.5 Å². The maximum absolute atomic E-state index is 12.5. The first kappa shape index (κ1) is 18.1. The normalized spacial score (nSPS) is 11.6. The van der Waals surface area contributed by atoms with Crippen LogP contribution in [0.15, 0.2) is 41.5 Å². The van der Waals surface area contributed by atoms with Crippen molar-refractivity contribution in [3.05, 3.63) is 53.1 Å². The average molecular weight is 366 g/mol. The van der Waals surface area contributed by atoms with Gasteiger partial charge in [0.25, 0.3) is 5.91 Å².